The Bertz CT molecular complexity index is 640. The van der Waals surface area contributed by atoms with Gasteiger partial charge in [0, 0.05) is 22.1 Å². The van der Waals surface area contributed by atoms with Crippen LogP contribution < -0.4 is 5.73 Å². The van der Waals surface area contributed by atoms with Gasteiger partial charge in [0.15, 0.2) is 5.78 Å². The highest BCUT2D eigenvalue weighted by Gasteiger charge is 2.12. The molecule has 0 aliphatic heterocycles. The molecule has 0 unspecified atom stereocenters. The first-order chi connectivity index (χ1) is 8.97. The highest BCUT2D eigenvalue weighted by Crippen LogP contribution is 2.22. The van der Waals surface area contributed by atoms with E-state index in [2.05, 4.69) is 15.9 Å². The number of Topliss-reactive ketones (excluding diaryl/α,β-unsaturated/α-hetero) is 1. The first-order valence-corrected chi connectivity index (χ1v) is 6.60. The Morgan fingerprint density at radius 3 is 2.68 bits per heavy atom. The molecule has 2 rings (SSSR count). The lowest BCUT2D eigenvalue weighted by Gasteiger charge is -2.07. The van der Waals surface area contributed by atoms with Crippen LogP contribution in [0.2, 0.25) is 0 Å². The van der Waals surface area contributed by atoms with Crippen molar-refractivity contribution >= 4 is 27.4 Å². The Kier molecular flexibility index (Phi) is 4.00. The fourth-order valence-electron chi connectivity index (χ4n) is 1.88. The van der Waals surface area contributed by atoms with E-state index in [-0.39, 0.29) is 18.0 Å². The van der Waals surface area contributed by atoms with E-state index in [4.69, 9.17) is 5.73 Å². The number of hydrogen-bond donors (Lipinski definition) is 1. The van der Waals surface area contributed by atoms with Crippen LogP contribution in [-0.4, -0.2) is 5.78 Å². The van der Waals surface area contributed by atoms with E-state index in [1.54, 1.807) is 31.2 Å². The number of carbonyl (C=O) groups excluding carboxylic acids is 1. The summed E-state index contributed by atoms with van der Waals surface area (Å²) >= 11 is 3.34. The molecule has 0 radical (unpaired) electrons. The highest BCUT2D eigenvalue weighted by molar-refractivity contribution is 9.10. The van der Waals surface area contributed by atoms with Crippen LogP contribution in [0.15, 0.2) is 40.9 Å². The average Bonchev–Trinajstić information content (AvgIpc) is 2.35. The highest BCUT2D eigenvalue weighted by atomic mass is 79.9. The fourth-order valence-corrected chi connectivity index (χ4v) is 2.35. The number of rotatable bonds is 3. The van der Waals surface area contributed by atoms with Crippen molar-refractivity contribution in [2.75, 3.05) is 5.73 Å². The molecule has 0 aliphatic carbocycles. The van der Waals surface area contributed by atoms with E-state index in [9.17, 15) is 9.18 Å². The zero-order valence-electron chi connectivity index (χ0n) is 10.4. The topological polar surface area (TPSA) is 43.1 Å². The molecule has 0 saturated carbocycles. The third-order valence-electron chi connectivity index (χ3n) is 2.95. The number of carbonyl (C=O) groups is 1. The van der Waals surface area contributed by atoms with Crippen molar-refractivity contribution in [2.45, 2.75) is 13.3 Å². The minimum atomic E-state index is -0.293. The number of ketones is 1. The van der Waals surface area contributed by atoms with Crippen molar-refractivity contribution < 1.29 is 9.18 Å². The molecule has 0 spiro atoms. The summed E-state index contributed by atoms with van der Waals surface area (Å²) in [6, 6.07) is 9.55. The van der Waals surface area contributed by atoms with Gasteiger partial charge >= 0.3 is 0 Å². The van der Waals surface area contributed by atoms with Gasteiger partial charge in [0.25, 0.3) is 0 Å². The summed E-state index contributed by atoms with van der Waals surface area (Å²) in [5, 5.41) is 0. The van der Waals surface area contributed by atoms with Crippen LogP contribution in [0.3, 0.4) is 0 Å². The Balaban J connectivity index is 2.28. The van der Waals surface area contributed by atoms with Gasteiger partial charge in [-0.15, -0.1) is 0 Å². The van der Waals surface area contributed by atoms with Crippen molar-refractivity contribution in [1.82, 2.24) is 0 Å². The molecule has 2 aromatic carbocycles. The van der Waals surface area contributed by atoms with Crippen LogP contribution in [0.25, 0.3) is 0 Å². The van der Waals surface area contributed by atoms with Crippen LogP contribution in [-0.2, 0) is 6.42 Å². The zero-order valence-corrected chi connectivity index (χ0v) is 12.0. The maximum Gasteiger partial charge on any atom is 0.168 e. The van der Waals surface area contributed by atoms with Gasteiger partial charge < -0.3 is 5.73 Å². The second-order valence-corrected chi connectivity index (χ2v) is 5.26. The SMILES string of the molecule is Cc1cc(F)ccc1CC(=O)c1cc(N)ccc1Br. The number of aryl methyl sites for hydroxylation is 1. The molecule has 0 bridgehead atoms. The number of hydrogen-bond acceptors (Lipinski definition) is 2. The molecule has 19 heavy (non-hydrogen) atoms. The maximum absolute atomic E-state index is 13.0. The molecular formula is C15H13BrFNO. The number of halogens is 2. The summed E-state index contributed by atoms with van der Waals surface area (Å²) in [7, 11) is 0. The van der Waals surface area contributed by atoms with Gasteiger partial charge in [-0.1, -0.05) is 22.0 Å². The average molecular weight is 322 g/mol. The van der Waals surface area contributed by atoms with E-state index in [0.29, 0.717) is 15.7 Å². The van der Waals surface area contributed by atoms with E-state index in [0.717, 1.165) is 11.1 Å². The second kappa shape index (κ2) is 5.53. The van der Waals surface area contributed by atoms with Gasteiger partial charge in [-0.3, -0.25) is 4.79 Å². The van der Waals surface area contributed by atoms with E-state index < -0.39 is 0 Å². The summed E-state index contributed by atoms with van der Waals surface area (Å²) in [6.07, 6.45) is 0.230. The zero-order chi connectivity index (χ0) is 14.0. The Morgan fingerprint density at radius 1 is 1.26 bits per heavy atom. The molecule has 98 valence electrons. The van der Waals surface area contributed by atoms with E-state index >= 15 is 0 Å². The normalized spacial score (nSPS) is 10.5. The van der Waals surface area contributed by atoms with Crippen LogP contribution in [0, 0.1) is 12.7 Å². The number of anilines is 1. The molecule has 0 aromatic heterocycles. The van der Waals surface area contributed by atoms with Crippen molar-refractivity contribution in [3.8, 4) is 0 Å². The van der Waals surface area contributed by atoms with Gasteiger partial charge in [0.1, 0.15) is 5.82 Å². The first kappa shape index (κ1) is 13.7. The lowest BCUT2D eigenvalue weighted by molar-refractivity contribution is 0.0992. The number of benzene rings is 2. The molecule has 0 amide bonds. The predicted octanol–water partition coefficient (Wildman–Crippen LogP) is 3.90. The molecule has 4 heteroatoms. The standard InChI is InChI=1S/C15H13BrFNO/c1-9-6-11(17)3-2-10(9)7-15(19)13-8-12(18)4-5-14(13)16/h2-6,8H,7,18H2,1H3. The lowest BCUT2D eigenvalue weighted by atomic mass is 9.99. The smallest absolute Gasteiger partial charge is 0.168 e. The largest absolute Gasteiger partial charge is 0.399 e. The fraction of sp³-hybridized carbons (Fsp3) is 0.133. The van der Waals surface area contributed by atoms with E-state index in [1.165, 1.54) is 12.1 Å². The predicted molar refractivity (Wildman–Crippen MR) is 77.7 cm³/mol. The maximum atomic E-state index is 13.0. The first-order valence-electron chi connectivity index (χ1n) is 5.80. The summed E-state index contributed by atoms with van der Waals surface area (Å²) in [4.78, 5) is 12.2. The van der Waals surface area contributed by atoms with Crippen LogP contribution in [0.5, 0.6) is 0 Å². The van der Waals surface area contributed by atoms with Crippen molar-refractivity contribution in [3.05, 3.63) is 63.4 Å². The van der Waals surface area contributed by atoms with Gasteiger partial charge in [-0.05, 0) is 48.4 Å². The van der Waals surface area contributed by atoms with Crippen molar-refractivity contribution in [3.63, 3.8) is 0 Å². The minimum absolute atomic E-state index is 0.0473. The third-order valence-corrected chi connectivity index (χ3v) is 3.64. The molecule has 0 saturated heterocycles. The molecule has 2 aromatic rings. The van der Waals surface area contributed by atoms with Crippen LogP contribution in [0.4, 0.5) is 10.1 Å². The van der Waals surface area contributed by atoms with Crippen molar-refractivity contribution in [1.29, 1.82) is 0 Å². The minimum Gasteiger partial charge on any atom is -0.399 e. The molecule has 0 atom stereocenters. The third kappa shape index (κ3) is 3.20. The lowest BCUT2D eigenvalue weighted by Crippen LogP contribution is -2.06. The molecular weight excluding hydrogens is 309 g/mol. The van der Waals surface area contributed by atoms with E-state index in [1.807, 2.05) is 0 Å². The summed E-state index contributed by atoms with van der Waals surface area (Å²) in [5.74, 6) is -0.340. The number of nitrogens with two attached hydrogens (primary N) is 1. The summed E-state index contributed by atoms with van der Waals surface area (Å²) in [5.41, 5.74) is 8.37. The van der Waals surface area contributed by atoms with Gasteiger partial charge in [-0.2, -0.15) is 0 Å². The van der Waals surface area contributed by atoms with Crippen LogP contribution in [0.1, 0.15) is 21.5 Å². The van der Waals surface area contributed by atoms with Crippen LogP contribution >= 0.6 is 15.9 Å². The Hall–Kier alpha value is -1.68. The molecule has 0 aliphatic rings. The second-order valence-electron chi connectivity index (χ2n) is 4.41. The van der Waals surface area contributed by atoms with Crippen molar-refractivity contribution in [2.24, 2.45) is 0 Å². The monoisotopic (exact) mass is 321 g/mol. The molecule has 2 N–H and O–H groups in total. The summed E-state index contributed by atoms with van der Waals surface area (Å²) in [6.45, 7) is 1.79. The molecule has 0 heterocycles. The molecule has 2 nitrogen and oxygen atoms in total. The molecule has 0 fully saturated rings. The van der Waals surface area contributed by atoms with Gasteiger partial charge in [-0.25, -0.2) is 4.39 Å². The number of nitrogen functional groups attached to an aromatic ring is 1. The van der Waals surface area contributed by atoms with Gasteiger partial charge in [0.05, 0.1) is 0 Å². The summed E-state index contributed by atoms with van der Waals surface area (Å²) < 4.78 is 13.7. The quantitative estimate of drug-likeness (QED) is 0.688. The van der Waals surface area contributed by atoms with Gasteiger partial charge in [0.2, 0.25) is 0 Å². The Labute approximate surface area is 119 Å². The Morgan fingerprint density at radius 2 is 2.00 bits per heavy atom.